The van der Waals surface area contributed by atoms with E-state index in [4.69, 9.17) is 11.6 Å². The van der Waals surface area contributed by atoms with Crippen molar-refractivity contribution in [3.05, 3.63) is 28.8 Å². The molecule has 2 heteroatoms. The monoisotopic (exact) mass is 239 g/mol. The Morgan fingerprint density at radius 2 is 2.06 bits per heavy atom. The van der Waals surface area contributed by atoms with Gasteiger partial charge in [-0.15, -0.1) is 0 Å². The maximum Gasteiger partial charge on any atom is 0.0426 e. The molecule has 0 heterocycles. The zero-order chi connectivity index (χ0) is 12.0. The fourth-order valence-electron chi connectivity index (χ4n) is 1.79. The van der Waals surface area contributed by atoms with E-state index in [0.29, 0.717) is 6.04 Å². The molecule has 16 heavy (non-hydrogen) atoms. The van der Waals surface area contributed by atoms with Crippen molar-refractivity contribution in [2.24, 2.45) is 0 Å². The third kappa shape index (κ3) is 4.44. The quantitative estimate of drug-likeness (QED) is 0.687. The molecule has 0 aliphatic carbocycles. The lowest BCUT2D eigenvalue weighted by atomic mass is 10.1. The highest BCUT2D eigenvalue weighted by Gasteiger charge is 2.04. The van der Waals surface area contributed by atoms with E-state index in [1.807, 2.05) is 12.1 Å². The second-order valence-electron chi connectivity index (χ2n) is 4.50. The number of hydrogen-bond acceptors (Lipinski definition) is 1. The van der Waals surface area contributed by atoms with Gasteiger partial charge in [-0.2, -0.15) is 0 Å². The summed E-state index contributed by atoms with van der Waals surface area (Å²) in [4.78, 5) is 0. The highest BCUT2D eigenvalue weighted by atomic mass is 35.5. The molecule has 0 fully saturated rings. The Balaban J connectivity index is 2.48. The number of aryl methyl sites for hydroxylation is 1. The Kier molecular flexibility index (Phi) is 5.68. The van der Waals surface area contributed by atoms with Gasteiger partial charge in [0, 0.05) is 16.8 Å². The summed E-state index contributed by atoms with van der Waals surface area (Å²) < 4.78 is 0. The van der Waals surface area contributed by atoms with Crippen molar-refractivity contribution in [1.29, 1.82) is 0 Å². The first-order chi connectivity index (χ1) is 7.63. The minimum atomic E-state index is 0.517. The smallest absolute Gasteiger partial charge is 0.0426 e. The van der Waals surface area contributed by atoms with E-state index >= 15 is 0 Å². The van der Waals surface area contributed by atoms with E-state index in [1.165, 1.54) is 31.2 Å². The Hall–Kier alpha value is -0.690. The molecule has 1 nitrogen and oxygen atoms in total. The molecule has 0 bridgehead atoms. The normalized spacial score (nSPS) is 12.5. The van der Waals surface area contributed by atoms with Gasteiger partial charge in [-0.25, -0.2) is 0 Å². The van der Waals surface area contributed by atoms with Crippen LogP contribution in [0.2, 0.25) is 5.02 Å². The van der Waals surface area contributed by atoms with Crippen molar-refractivity contribution in [3.8, 4) is 0 Å². The van der Waals surface area contributed by atoms with Crippen LogP contribution in [0.1, 0.15) is 45.1 Å². The molecule has 0 aliphatic rings. The molecule has 90 valence electrons. The van der Waals surface area contributed by atoms with Crippen LogP contribution in [0.25, 0.3) is 0 Å². The van der Waals surface area contributed by atoms with Crippen LogP contribution in [0.3, 0.4) is 0 Å². The van der Waals surface area contributed by atoms with E-state index in [2.05, 4.69) is 32.2 Å². The third-order valence-electron chi connectivity index (χ3n) is 2.84. The second kappa shape index (κ2) is 6.80. The van der Waals surface area contributed by atoms with Crippen LogP contribution in [-0.4, -0.2) is 6.04 Å². The van der Waals surface area contributed by atoms with Gasteiger partial charge in [-0.05, 0) is 38.0 Å². The highest BCUT2D eigenvalue weighted by Crippen LogP contribution is 2.21. The van der Waals surface area contributed by atoms with Crippen molar-refractivity contribution in [2.75, 3.05) is 5.32 Å². The van der Waals surface area contributed by atoms with Crippen LogP contribution in [0.5, 0.6) is 0 Å². The van der Waals surface area contributed by atoms with Gasteiger partial charge in [0.25, 0.3) is 0 Å². The maximum absolute atomic E-state index is 5.99. The maximum atomic E-state index is 5.99. The average molecular weight is 240 g/mol. The first-order valence-corrected chi connectivity index (χ1v) is 6.54. The molecular weight excluding hydrogens is 218 g/mol. The average Bonchev–Trinajstić information content (AvgIpc) is 2.24. The van der Waals surface area contributed by atoms with Crippen molar-refractivity contribution in [2.45, 2.75) is 52.5 Å². The molecule has 1 rings (SSSR count). The van der Waals surface area contributed by atoms with Gasteiger partial charge in [0.1, 0.15) is 0 Å². The molecule has 0 aliphatic heterocycles. The van der Waals surface area contributed by atoms with Gasteiger partial charge in [0.15, 0.2) is 0 Å². The van der Waals surface area contributed by atoms with Crippen LogP contribution in [0.4, 0.5) is 5.69 Å². The summed E-state index contributed by atoms with van der Waals surface area (Å²) in [5, 5.41) is 4.33. The predicted octanol–water partition coefficient (Wildman–Crippen LogP) is 5.03. The van der Waals surface area contributed by atoms with E-state index in [9.17, 15) is 0 Å². The van der Waals surface area contributed by atoms with Gasteiger partial charge in [-0.3, -0.25) is 0 Å². The van der Waals surface area contributed by atoms with Crippen LogP contribution in [-0.2, 0) is 0 Å². The topological polar surface area (TPSA) is 12.0 Å². The van der Waals surface area contributed by atoms with E-state index < -0.39 is 0 Å². The summed E-state index contributed by atoms with van der Waals surface area (Å²) in [6.45, 7) is 6.58. The molecule has 1 aromatic rings. The Bertz CT molecular complexity index is 323. The Morgan fingerprint density at radius 3 is 2.75 bits per heavy atom. The van der Waals surface area contributed by atoms with Gasteiger partial charge < -0.3 is 5.32 Å². The van der Waals surface area contributed by atoms with Crippen molar-refractivity contribution in [3.63, 3.8) is 0 Å². The Labute approximate surface area is 104 Å². The molecule has 1 N–H and O–H groups in total. The highest BCUT2D eigenvalue weighted by molar-refractivity contribution is 6.30. The number of rotatable bonds is 6. The molecule has 0 amide bonds. The lowest BCUT2D eigenvalue weighted by Gasteiger charge is -2.17. The molecule has 0 saturated heterocycles. The van der Waals surface area contributed by atoms with Crippen LogP contribution in [0, 0.1) is 6.92 Å². The standard InChI is InChI=1S/C14H22ClN/c1-4-5-6-7-12(3)16-14-10-13(15)9-8-11(14)2/h8-10,12,16H,4-7H2,1-3H3. The van der Waals surface area contributed by atoms with Gasteiger partial charge in [0.2, 0.25) is 0 Å². The number of unbranched alkanes of at least 4 members (excludes halogenated alkanes) is 2. The number of anilines is 1. The summed E-state index contributed by atoms with van der Waals surface area (Å²) in [6, 6.07) is 6.52. The summed E-state index contributed by atoms with van der Waals surface area (Å²) >= 11 is 5.99. The zero-order valence-electron chi connectivity index (χ0n) is 10.5. The van der Waals surface area contributed by atoms with Crippen LogP contribution in [0.15, 0.2) is 18.2 Å². The predicted molar refractivity (Wildman–Crippen MR) is 73.4 cm³/mol. The largest absolute Gasteiger partial charge is 0.382 e. The minimum Gasteiger partial charge on any atom is -0.382 e. The molecule has 1 unspecified atom stereocenters. The molecule has 0 spiro atoms. The SMILES string of the molecule is CCCCCC(C)Nc1cc(Cl)ccc1C. The van der Waals surface area contributed by atoms with Gasteiger partial charge in [-0.1, -0.05) is 43.9 Å². The second-order valence-corrected chi connectivity index (χ2v) is 4.94. The fraction of sp³-hybridized carbons (Fsp3) is 0.571. The summed E-state index contributed by atoms with van der Waals surface area (Å²) in [6.07, 6.45) is 5.12. The van der Waals surface area contributed by atoms with Crippen molar-refractivity contribution < 1.29 is 0 Å². The van der Waals surface area contributed by atoms with Gasteiger partial charge in [0.05, 0.1) is 0 Å². The molecule has 0 saturated carbocycles. The van der Waals surface area contributed by atoms with Crippen LogP contribution < -0.4 is 5.32 Å². The minimum absolute atomic E-state index is 0.517. The molecule has 1 aromatic carbocycles. The number of halogens is 1. The summed E-state index contributed by atoms with van der Waals surface area (Å²) in [7, 11) is 0. The van der Waals surface area contributed by atoms with Gasteiger partial charge >= 0.3 is 0 Å². The van der Waals surface area contributed by atoms with E-state index in [-0.39, 0.29) is 0 Å². The van der Waals surface area contributed by atoms with E-state index in [1.54, 1.807) is 0 Å². The summed E-state index contributed by atoms with van der Waals surface area (Å²) in [5.74, 6) is 0. The lowest BCUT2D eigenvalue weighted by molar-refractivity contribution is 0.615. The lowest BCUT2D eigenvalue weighted by Crippen LogP contribution is -2.15. The number of nitrogens with one attached hydrogen (secondary N) is 1. The zero-order valence-corrected chi connectivity index (χ0v) is 11.3. The number of hydrogen-bond donors (Lipinski definition) is 1. The van der Waals surface area contributed by atoms with Crippen molar-refractivity contribution >= 4 is 17.3 Å². The van der Waals surface area contributed by atoms with Crippen molar-refractivity contribution in [1.82, 2.24) is 0 Å². The Morgan fingerprint density at radius 1 is 1.31 bits per heavy atom. The first-order valence-electron chi connectivity index (χ1n) is 6.16. The third-order valence-corrected chi connectivity index (χ3v) is 3.08. The van der Waals surface area contributed by atoms with E-state index in [0.717, 1.165) is 10.7 Å². The molecule has 1 atom stereocenters. The molecule has 0 radical (unpaired) electrons. The van der Waals surface area contributed by atoms with Crippen LogP contribution >= 0.6 is 11.6 Å². The summed E-state index contributed by atoms with van der Waals surface area (Å²) in [5.41, 5.74) is 2.42. The number of benzene rings is 1. The molecule has 0 aromatic heterocycles. The molecular formula is C14H22ClN. The first kappa shape index (κ1) is 13.4. The fourth-order valence-corrected chi connectivity index (χ4v) is 1.96.